The average molecular weight is 560 g/mol. The van der Waals surface area contributed by atoms with Crippen LogP contribution in [0.25, 0.3) is 0 Å². The highest BCUT2D eigenvalue weighted by atomic mass is 32.2. The molecule has 0 aliphatic heterocycles. The molecule has 0 spiro atoms. The number of carbonyl (C=O) groups is 2. The third-order valence-corrected chi connectivity index (χ3v) is 8.16. The standard InChI is InChI=1S/C29H41N3O6S/c1-5-38-27-18-14-25(15-19-27)32(39(4,35)36)20-8-11-28(33)31(21-23-12-16-26(37-3)17-13-23)22(2)29(34)30-24-9-6-7-10-24/h12-19,22,24H,5-11,20-21H2,1-4H3,(H,30,34)/t22-/m0/s1. The SMILES string of the molecule is CCOc1ccc(N(CCCC(=O)N(Cc2ccc(OC)cc2)[C@@H](C)C(=O)NC2CCCC2)S(C)(=O)=O)cc1. The van der Waals surface area contributed by atoms with Gasteiger partial charge in [0.05, 0.1) is 25.7 Å². The molecule has 1 saturated carbocycles. The second kappa shape index (κ2) is 14.2. The minimum absolute atomic E-state index is 0.0975. The van der Waals surface area contributed by atoms with E-state index in [-0.39, 0.29) is 37.4 Å². The molecule has 0 radical (unpaired) electrons. The van der Waals surface area contributed by atoms with Crippen molar-refractivity contribution in [2.75, 3.05) is 30.8 Å². The van der Waals surface area contributed by atoms with Crippen LogP contribution >= 0.6 is 0 Å². The average Bonchev–Trinajstić information content (AvgIpc) is 3.42. The van der Waals surface area contributed by atoms with Gasteiger partial charge in [-0.05, 0) is 75.1 Å². The van der Waals surface area contributed by atoms with Gasteiger partial charge in [-0.2, -0.15) is 0 Å². The molecule has 0 aromatic heterocycles. The van der Waals surface area contributed by atoms with E-state index in [1.165, 1.54) is 4.31 Å². The second-order valence-electron chi connectivity index (χ2n) is 9.90. The van der Waals surface area contributed by atoms with Crippen molar-refractivity contribution in [3.63, 3.8) is 0 Å². The summed E-state index contributed by atoms with van der Waals surface area (Å²) in [6, 6.07) is 13.7. The highest BCUT2D eigenvalue weighted by Crippen LogP contribution is 2.23. The number of hydrogen-bond donors (Lipinski definition) is 1. The fourth-order valence-corrected chi connectivity index (χ4v) is 5.75. The lowest BCUT2D eigenvalue weighted by Crippen LogP contribution is -2.49. The summed E-state index contributed by atoms with van der Waals surface area (Å²) < 4.78 is 37.1. The van der Waals surface area contributed by atoms with Gasteiger partial charge in [-0.15, -0.1) is 0 Å². The van der Waals surface area contributed by atoms with Crippen molar-refractivity contribution in [1.82, 2.24) is 10.2 Å². The van der Waals surface area contributed by atoms with Gasteiger partial charge in [-0.25, -0.2) is 8.42 Å². The Kier molecular flexibility index (Phi) is 11.0. The third kappa shape index (κ3) is 8.88. The van der Waals surface area contributed by atoms with Gasteiger partial charge in [0.2, 0.25) is 21.8 Å². The van der Waals surface area contributed by atoms with Gasteiger partial charge in [0, 0.05) is 25.6 Å². The summed E-state index contributed by atoms with van der Waals surface area (Å²) in [6.45, 7) is 4.54. The quantitative estimate of drug-likeness (QED) is 0.373. The van der Waals surface area contributed by atoms with Gasteiger partial charge in [0.25, 0.3) is 0 Å². The van der Waals surface area contributed by atoms with Crippen molar-refractivity contribution in [1.29, 1.82) is 0 Å². The summed E-state index contributed by atoms with van der Waals surface area (Å²) in [5, 5.41) is 3.10. The number of ether oxygens (including phenoxy) is 2. The van der Waals surface area contributed by atoms with E-state index in [1.807, 2.05) is 31.2 Å². The Balaban J connectivity index is 1.70. The smallest absolute Gasteiger partial charge is 0.242 e. The second-order valence-corrected chi connectivity index (χ2v) is 11.8. The molecule has 39 heavy (non-hydrogen) atoms. The van der Waals surface area contributed by atoms with Crippen molar-refractivity contribution < 1.29 is 27.5 Å². The molecule has 1 aliphatic carbocycles. The van der Waals surface area contributed by atoms with E-state index in [4.69, 9.17) is 9.47 Å². The van der Waals surface area contributed by atoms with Crippen LogP contribution < -0.4 is 19.1 Å². The summed E-state index contributed by atoms with van der Waals surface area (Å²) in [5.41, 5.74) is 1.38. The van der Waals surface area contributed by atoms with Crippen LogP contribution in [0, 0.1) is 0 Å². The molecule has 1 fully saturated rings. The number of carbonyl (C=O) groups excluding carboxylic acids is 2. The van der Waals surface area contributed by atoms with Crippen molar-refractivity contribution in [3.05, 3.63) is 54.1 Å². The zero-order valence-corrected chi connectivity index (χ0v) is 24.2. The first-order valence-electron chi connectivity index (χ1n) is 13.6. The number of rotatable bonds is 14. The van der Waals surface area contributed by atoms with E-state index in [1.54, 1.807) is 43.2 Å². The van der Waals surface area contributed by atoms with Crippen LogP contribution in [0.4, 0.5) is 5.69 Å². The van der Waals surface area contributed by atoms with Crippen LogP contribution in [0.2, 0.25) is 0 Å². The van der Waals surface area contributed by atoms with Gasteiger partial charge in [-0.1, -0.05) is 25.0 Å². The molecule has 1 atom stereocenters. The molecule has 10 heteroatoms. The molecular weight excluding hydrogens is 518 g/mol. The van der Waals surface area contributed by atoms with Crippen molar-refractivity contribution in [2.24, 2.45) is 0 Å². The zero-order valence-electron chi connectivity index (χ0n) is 23.4. The number of amides is 2. The summed E-state index contributed by atoms with van der Waals surface area (Å²) in [4.78, 5) is 28.1. The van der Waals surface area contributed by atoms with Gasteiger partial charge < -0.3 is 19.7 Å². The zero-order chi connectivity index (χ0) is 28.4. The molecule has 3 rings (SSSR count). The fourth-order valence-electron chi connectivity index (χ4n) is 4.78. The molecule has 0 unspecified atom stereocenters. The normalized spacial score (nSPS) is 14.5. The maximum absolute atomic E-state index is 13.5. The van der Waals surface area contributed by atoms with Crippen LogP contribution in [0.3, 0.4) is 0 Å². The van der Waals surface area contributed by atoms with Crippen LogP contribution in [-0.2, 0) is 26.2 Å². The maximum Gasteiger partial charge on any atom is 0.242 e. The van der Waals surface area contributed by atoms with E-state index >= 15 is 0 Å². The molecule has 2 aromatic rings. The van der Waals surface area contributed by atoms with E-state index in [0.29, 0.717) is 30.2 Å². The Morgan fingerprint density at radius 2 is 1.64 bits per heavy atom. The van der Waals surface area contributed by atoms with E-state index in [2.05, 4.69) is 5.32 Å². The molecule has 2 amide bonds. The van der Waals surface area contributed by atoms with Crippen molar-refractivity contribution >= 4 is 27.5 Å². The Morgan fingerprint density at radius 1 is 1.03 bits per heavy atom. The molecule has 1 N–H and O–H groups in total. The highest BCUT2D eigenvalue weighted by molar-refractivity contribution is 7.92. The molecule has 214 valence electrons. The molecule has 9 nitrogen and oxygen atoms in total. The monoisotopic (exact) mass is 559 g/mol. The first-order valence-corrected chi connectivity index (χ1v) is 15.4. The molecule has 1 aliphatic rings. The summed E-state index contributed by atoms with van der Waals surface area (Å²) >= 11 is 0. The van der Waals surface area contributed by atoms with Crippen molar-refractivity contribution in [2.45, 2.75) is 71.0 Å². The number of anilines is 1. The number of benzene rings is 2. The third-order valence-electron chi connectivity index (χ3n) is 6.97. The lowest BCUT2D eigenvalue weighted by molar-refractivity contribution is -0.141. The van der Waals surface area contributed by atoms with Crippen LogP contribution in [-0.4, -0.2) is 63.7 Å². The largest absolute Gasteiger partial charge is 0.497 e. The van der Waals surface area contributed by atoms with Crippen molar-refractivity contribution in [3.8, 4) is 11.5 Å². The van der Waals surface area contributed by atoms with Crippen LogP contribution in [0.5, 0.6) is 11.5 Å². The number of hydrogen-bond acceptors (Lipinski definition) is 6. The van der Waals surface area contributed by atoms with Gasteiger partial charge in [0.1, 0.15) is 17.5 Å². The maximum atomic E-state index is 13.5. The number of sulfonamides is 1. The molecule has 0 heterocycles. The van der Waals surface area contributed by atoms with Gasteiger partial charge >= 0.3 is 0 Å². The van der Waals surface area contributed by atoms with E-state index < -0.39 is 16.1 Å². The number of nitrogens with zero attached hydrogens (tertiary/aromatic N) is 2. The number of methoxy groups -OCH3 is 1. The van der Waals surface area contributed by atoms with E-state index in [0.717, 1.165) is 37.5 Å². The van der Waals surface area contributed by atoms with Gasteiger partial charge in [0.15, 0.2) is 0 Å². The Bertz CT molecular complexity index is 1180. The minimum Gasteiger partial charge on any atom is -0.497 e. The predicted octanol–water partition coefficient (Wildman–Crippen LogP) is 4.12. The summed E-state index contributed by atoms with van der Waals surface area (Å²) in [7, 11) is -1.98. The van der Waals surface area contributed by atoms with E-state index in [9.17, 15) is 18.0 Å². The molecule has 0 saturated heterocycles. The Hall–Kier alpha value is -3.27. The first-order chi connectivity index (χ1) is 18.6. The fraction of sp³-hybridized carbons (Fsp3) is 0.517. The van der Waals surface area contributed by atoms with Gasteiger partial charge in [-0.3, -0.25) is 13.9 Å². The number of nitrogens with one attached hydrogen (secondary N) is 1. The molecular formula is C29H41N3O6S. The minimum atomic E-state index is -3.57. The lowest BCUT2D eigenvalue weighted by atomic mass is 10.1. The topological polar surface area (TPSA) is 105 Å². The molecule has 2 aromatic carbocycles. The first kappa shape index (κ1) is 30.3. The Morgan fingerprint density at radius 3 is 2.21 bits per heavy atom. The summed E-state index contributed by atoms with van der Waals surface area (Å²) in [5.74, 6) is 0.985. The predicted molar refractivity (Wildman–Crippen MR) is 152 cm³/mol. The highest BCUT2D eigenvalue weighted by Gasteiger charge is 2.28. The Labute approximate surface area is 232 Å². The summed E-state index contributed by atoms with van der Waals surface area (Å²) in [6.07, 6.45) is 5.65. The van der Waals surface area contributed by atoms with Crippen LogP contribution in [0.15, 0.2) is 48.5 Å². The lowest BCUT2D eigenvalue weighted by Gasteiger charge is -2.30. The molecule has 0 bridgehead atoms. The van der Waals surface area contributed by atoms with Crippen LogP contribution in [0.1, 0.15) is 57.9 Å².